The Labute approximate surface area is 168 Å². The molecule has 1 heterocycles. The lowest BCUT2D eigenvalue weighted by Crippen LogP contribution is -2.38. The number of nitrogens with one attached hydrogen (secondary N) is 3. The first-order valence-electron chi connectivity index (χ1n) is 8.04. The van der Waals surface area contributed by atoms with E-state index in [4.69, 9.17) is 0 Å². The number of halogens is 1. The molecular formula is C18H16BrN5O2S. The molecule has 0 aliphatic heterocycles. The molecular weight excluding hydrogens is 430 g/mol. The predicted molar refractivity (Wildman–Crippen MR) is 108 cm³/mol. The fourth-order valence-electron chi connectivity index (χ4n) is 2.18. The van der Waals surface area contributed by atoms with E-state index in [1.54, 1.807) is 31.2 Å². The fraction of sp³-hybridized carbons (Fsp3) is 0.111. The lowest BCUT2D eigenvalue weighted by atomic mass is 10.2. The Bertz CT molecular complexity index is 948. The highest BCUT2D eigenvalue weighted by atomic mass is 79.9. The molecule has 0 saturated heterocycles. The minimum absolute atomic E-state index is 0.423. The third-order valence-electron chi connectivity index (χ3n) is 3.51. The number of carbonyl (C=O) groups is 2. The summed E-state index contributed by atoms with van der Waals surface area (Å²) in [7, 11) is 0. The number of rotatable bonds is 5. The van der Waals surface area contributed by atoms with Gasteiger partial charge in [0.05, 0.1) is 5.25 Å². The van der Waals surface area contributed by atoms with Crippen LogP contribution in [0, 0.1) is 0 Å². The van der Waals surface area contributed by atoms with Gasteiger partial charge in [-0.05, 0) is 25.1 Å². The summed E-state index contributed by atoms with van der Waals surface area (Å²) in [6.07, 6.45) is 0. The number of carbonyl (C=O) groups excluding carboxylic acids is 2. The first-order chi connectivity index (χ1) is 13.0. The predicted octanol–water partition coefficient (Wildman–Crippen LogP) is 4.06. The van der Waals surface area contributed by atoms with Crippen molar-refractivity contribution in [3.05, 3.63) is 59.1 Å². The van der Waals surface area contributed by atoms with Crippen molar-refractivity contribution in [2.24, 2.45) is 0 Å². The van der Waals surface area contributed by atoms with Crippen molar-refractivity contribution in [2.45, 2.75) is 17.3 Å². The van der Waals surface area contributed by atoms with Crippen LogP contribution in [0.15, 0.2) is 64.2 Å². The van der Waals surface area contributed by atoms with Crippen molar-refractivity contribution in [3.8, 4) is 11.4 Å². The maximum atomic E-state index is 12.2. The molecule has 3 aromatic rings. The SMILES string of the molecule is CC(Sc1n[nH]c(-c2ccccc2Br)n1)C(=O)NC(=O)Nc1ccccc1. The summed E-state index contributed by atoms with van der Waals surface area (Å²) < 4.78 is 0.890. The molecule has 3 rings (SSSR count). The maximum absolute atomic E-state index is 12.2. The van der Waals surface area contributed by atoms with Crippen LogP contribution in [0.4, 0.5) is 10.5 Å². The Morgan fingerprint density at radius 2 is 1.81 bits per heavy atom. The smallest absolute Gasteiger partial charge is 0.308 e. The van der Waals surface area contributed by atoms with Gasteiger partial charge in [-0.1, -0.05) is 64.1 Å². The molecule has 7 nitrogen and oxygen atoms in total. The van der Waals surface area contributed by atoms with Crippen molar-refractivity contribution >= 4 is 45.3 Å². The van der Waals surface area contributed by atoms with E-state index in [9.17, 15) is 9.59 Å². The van der Waals surface area contributed by atoms with Crippen LogP contribution < -0.4 is 10.6 Å². The Morgan fingerprint density at radius 3 is 2.56 bits per heavy atom. The summed E-state index contributed by atoms with van der Waals surface area (Å²) >= 11 is 4.63. The van der Waals surface area contributed by atoms with Gasteiger partial charge in [0, 0.05) is 15.7 Å². The van der Waals surface area contributed by atoms with Crippen molar-refractivity contribution < 1.29 is 9.59 Å². The van der Waals surface area contributed by atoms with E-state index in [1.165, 1.54) is 0 Å². The van der Waals surface area contributed by atoms with Gasteiger partial charge in [-0.2, -0.15) is 0 Å². The number of para-hydroxylation sites is 1. The second-order valence-electron chi connectivity index (χ2n) is 5.52. The molecule has 0 spiro atoms. The Hall–Kier alpha value is -2.65. The molecule has 0 bridgehead atoms. The molecule has 0 saturated carbocycles. The van der Waals surface area contributed by atoms with E-state index >= 15 is 0 Å². The number of nitrogens with zero attached hydrogens (tertiary/aromatic N) is 2. The number of thioether (sulfide) groups is 1. The van der Waals surface area contributed by atoms with Gasteiger partial charge in [0.15, 0.2) is 5.82 Å². The van der Waals surface area contributed by atoms with Crippen LogP contribution in [-0.4, -0.2) is 32.4 Å². The number of aromatic amines is 1. The third-order valence-corrected chi connectivity index (χ3v) is 5.17. The van der Waals surface area contributed by atoms with Gasteiger partial charge >= 0.3 is 6.03 Å². The van der Waals surface area contributed by atoms with Crippen LogP contribution in [0.25, 0.3) is 11.4 Å². The number of benzene rings is 2. The third kappa shape index (κ3) is 5.18. The average molecular weight is 446 g/mol. The highest BCUT2D eigenvalue weighted by Gasteiger charge is 2.20. The van der Waals surface area contributed by atoms with Crippen LogP contribution in [0.1, 0.15) is 6.92 Å². The zero-order valence-corrected chi connectivity index (χ0v) is 16.7. The van der Waals surface area contributed by atoms with Gasteiger partial charge in [0.25, 0.3) is 0 Å². The zero-order chi connectivity index (χ0) is 19.2. The second kappa shape index (κ2) is 8.83. The number of aromatic nitrogens is 3. The monoisotopic (exact) mass is 445 g/mol. The van der Waals surface area contributed by atoms with Crippen molar-refractivity contribution in [1.82, 2.24) is 20.5 Å². The van der Waals surface area contributed by atoms with Gasteiger partial charge in [0.2, 0.25) is 11.1 Å². The highest BCUT2D eigenvalue weighted by molar-refractivity contribution is 9.10. The number of urea groups is 1. The summed E-state index contributed by atoms with van der Waals surface area (Å²) in [5, 5.41) is 11.8. The summed E-state index contributed by atoms with van der Waals surface area (Å²) in [5.74, 6) is 0.167. The van der Waals surface area contributed by atoms with Gasteiger partial charge in [-0.15, -0.1) is 5.10 Å². The molecule has 27 heavy (non-hydrogen) atoms. The van der Waals surface area contributed by atoms with E-state index < -0.39 is 17.2 Å². The largest absolute Gasteiger partial charge is 0.325 e. The molecule has 1 atom stereocenters. The van der Waals surface area contributed by atoms with Crippen LogP contribution in [0.3, 0.4) is 0 Å². The first-order valence-corrected chi connectivity index (χ1v) is 9.71. The number of anilines is 1. The normalized spacial score (nSPS) is 11.6. The number of hydrogen-bond acceptors (Lipinski definition) is 5. The molecule has 0 aliphatic carbocycles. The fourth-order valence-corrected chi connectivity index (χ4v) is 3.38. The standard InChI is InChI=1S/C18H16BrN5O2S/c1-11(16(25)22-17(26)20-12-7-3-2-4-8-12)27-18-21-15(23-24-18)13-9-5-6-10-14(13)19/h2-11H,1H3,(H,21,23,24)(H2,20,22,25,26). The molecule has 0 aliphatic rings. The minimum Gasteiger partial charge on any atom is -0.308 e. The maximum Gasteiger partial charge on any atom is 0.325 e. The summed E-state index contributed by atoms with van der Waals surface area (Å²) in [6.45, 7) is 1.68. The summed E-state index contributed by atoms with van der Waals surface area (Å²) in [6, 6.07) is 15.9. The van der Waals surface area contributed by atoms with Gasteiger partial charge in [0.1, 0.15) is 0 Å². The Balaban J connectivity index is 1.57. The van der Waals surface area contributed by atoms with E-state index in [0.717, 1.165) is 21.8 Å². The van der Waals surface area contributed by atoms with Crippen molar-refractivity contribution in [3.63, 3.8) is 0 Å². The van der Waals surface area contributed by atoms with E-state index in [2.05, 4.69) is 41.7 Å². The van der Waals surface area contributed by atoms with Crippen LogP contribution in [0.2, 0.25) is 0 Å². The molecule has 1 unspecified atom stereocenters. The first kappa shape index (κ1) is 19.1. The van der Waals surface area contributed by atoms with E-state index in [1.807, 2.05) is 30.3 Å². The Morgan fingerprint density at radius 1 is 1.11 bits per heavy atom. The molecule has 3 amide bonds. The Kier molecular flexibility index (Phi) is 6.25. The summed E-state index contributed by atoms with van der Waals surface area (Å²) in [4.78, 5) is 28.5. The molecule has 138 valence electrons. The molecule has 0 radical (unpaired) electrons. The quantitative estimate of drug-likeness (QED) is 0.514. The van der Waals surface area contributed by atoms with Gasteiger partial charge < -0.3 is 5.32 Å². The van der Waals surface area contributed by atoms with Crippen molar-refractivity contribution in [2.75, 3.05) is 5.32 Å². The van der Waals surface area contributed by atoms with Crippen LogP contribution in [0.5, 0.6) is 0 Å². The highest BCUT2D eigenvalue weighted by Crippen LogP contribution is 2.27. The van der Waals surface area contributed by atoms with Crippen LogP contribution in [-0.2, 0) is 4.79 Å². The average Bonchev–Trinajstić information content (AvgIpc) is 3.11. The number of imide groups is 1. The molecule has 2 aromatic carbocycles. The zero-order valence-electron chi connectivity index (χ0n) is 14.3. The number of H-pyrrole nitrogens is 1. The number of hydrogen-bond donors (Lipinski definition) is 3. The van der Waals surface area contributed by atoms with Crippen LogP contribution >= 0.6 is 27.7 Å². The van der Waals surface area contributed by atoms with Gasteiger partial charge in [-0.25, -0.2) is 9.78 Å². The van der Waals surface area contributed by atoms with Crippen molar-refractivity contribution in [1.29, 1.82) is 0 Å². The molecule has 3 N–H and O–H groups in total. The van der Waals surface area contributed by atoms with E-state index in [-0.39, 0.29) is 0 Å². The van der Waals surface area contributed by atoms with E-state index in [0.29, 0.717) is 16.7 Å². The molecule has 9 heteroatoms. The summed E-state index contributed by atoms with van der Waals surface area (Å²) in [5.41, 5.74) is 1.48. The van der Waals surface area contributed by atoms with Gasteiger partial charge in [-0.3, -0.25) is 15.2 Å². The topological polar surface area (TPSA) is 99.8 Å². The molecule has 1 aromatic heterocycles. The molecule has 0 fully saturated rings. The lowest BCUT2D eigenvalue weighted by Gasteiger charge is -2.10. The minimum atomic E-state index is -0.581. The number of amides is 3. The second-order valence-corrected chi connectivity index (χ2v) is 7.68. The lowest BCUT2D eigenvalue weighted by molar-refractivity contribution is -0.119.